The number of nitrogens with two attached hydrogens (primary N) is 1. The lowest BCUT2D eigenvalue weighted by atomic mass is 10.2. The zero-order valence-electron chi connectivity index (χ0n) is 20.6. The van der Waals surface area contributed by atoms with E-state index in [1.807, 2.05) is 0 Å². The van der Waals surface area contributed by atoms with E-state index >= 15 is 0 Å². The van der Waals surface area contributed by atoms with Crippen LogP contribution in [0, 0.1) is 0 Å². The molecule has 1 aliphatic heterocycles. The highest BCUT2D eigenvalue weighted by Crippen LogP contribution is 2.31. The monoisotopic (exact) mass is 566 g/mol. The van der Waals surface area contributed by atoms with Gasteiger partial charge in [0.1, 0.15) is 17.5 Å². The minimum Gasteiger partial charge on any atom is -0.497 e. The molecule has 1 saturated heterocycles. The average Bonchev–Trinajstić information content (AvgIpc) is 3.27. The maximum Gasteiger partial charge on any atom is 0.272 e. The van der Waals surface area contributed by atoms with Crippen LogP contribution in [0.15, 0.2) is 71.6 Å². The molecule has 0 radical (unpaired) electrons. The molecule has 1 fully saturated rings. The Hall–Kier alpha value is -4.26. The van der Waals surface area contributed by atoms with E-state index in [1.165, 1.54) is 31.4 Å². The third-order valence-corrected chi connectivity index (χ3v) is 8.00. The van der Waals surface area contributed by atoms with Crippen LogP contribution in [0.2, 0.25) is 5.02 Å². The Kier molecular flexibility index (Phi) is 7.08. The van der Waals surface area contributed by atoms with Gasteiger partial charge in [-0.15, -0.1) is 0 Å². The van der Waals surface area contributed by atoms with Gasteiger partial charge in [-0.05, 0) is 42.5 Å². The van der Waals surface area contributed by atoms with E-state index in [4.69, 9.17) is 22.1 Å². The van der Waals surface area contributed by atoms with Gasteiger partial charge in [-0.3, -0.25) is 15.0 Å². The lowest BCUT2D eigenvalue weighted by Crippen LogP contribution is -2.38. The summed E-state index contributed by atoms with van der Waals surface area (Å²) in [7, 11) is -2.48. The van der Waals surface area contributed by atoms with Gasteiger partial charge in [-0.25, -0.2) is 23.4 Å². The molecule has 5 rings (SSSR count). The third kappa shape index (κ3) is 5.48. The fourth-order valence-corrected chi connectivity index (χ4v) is 5.49. The summed E-state index contributed by atoms with van der Waals surface area (Å²) >= 11 is 6.37. The number of hydrogen-bond acceptors (Lipinski definition) is 9. The Morgan fingerprint density at radius 3 is 2.56 bits per heavy atom. The lowest BCUT2D eigenvalue weighted by Gasteiger charge is -2.16. The number of carbonyl (C=O) groups excluding carboxylic acids is 2. The number of aromatic nitrogens is 2. The number of fused-ring (bicyclic) bond motifs is 1. The highest BCUT2D eigenvalue weighted by molar-refractivity contribution is 7.90. The molecule has 0 saturated carbocycles. The summed E-state index contributed by atoms with van der Waals surface area (Å²) in [5, 5.41) is 4.53. The minimum atomic E-state index is -4.00. The normalized spacial score (nSPS) is 15.3. The van der Waals surface area contributed by atoms with Crippen LogP contribution >= 0.6 is 11.6 Å². The molecule has 1 atom stereocenters. The number of ether oxygens (including phenoxy) is 1. The zero-order valence-corrected chi connectivity index (χ0v) is 22.2. The molecule has 13 heteroatoms. The van der Waals surface area contributed by atoms with Gasteiger partial charge in [0.05, 0.1) is 46.0 Å². The van der Waals surface area contributed by atoms with E-state index in [-0.39, 0.29) is 28.5 Å². The summed E-state index contributed by atoms with van der Waals surface area (Å²) in [5.74, 6) is -0.834. The maximum atomic E-state index is 13.6. The van der Waals surface area contributed by atoms with E-state index in [2.05, 4.69) is 20.7 Å². The Bertz CT molecular complexity index is 1710. The second-order valence-electron chi connectivity index (χ2n) is 8.76. The Labute approximate surface area is 228 Å². The number of sulfone groups is 1. The fourth-order valence-electron chi connectivity index (χ4n) is 4.01. The Balaban J connectivity index is 1.50. The average molecular weight is 567 g/mol. The second kappa shape index (κ2) is 10.5. The van der Waals surface area contributed by atoms with Gasteiger partial charge in [0.2, 0.25) is 0 Å². The molecular formula is C26H23ClN6O5S. The topological polar surface area (TPSA) is 157 Å². The van der Waals surface area contributed by atoms with Gasteiger partial charge in [-0.2, -0.15) is 0 Å². The van der Waals surface area contributed by atoms with Crippen molar-refractivity contribution >= 4 is 55.8 Å². The van der Waals surface area contributed by atoms with Crippen LogP contribution in [0.5, 0.6) is 5.75 Å². The van der Waals surface area contributed by atoms with Crippen molar-refractivity contribution in [1.82, 2.24) is 20.4 Å². The SMILES string of the molecule is COc1ccc(Cl)c(Nc2nc3ccccc3nc2CS(=O)(=O)c2cccc(C(=O)N3CC(N)C(=O)N3)c2)c1. The number of para-hydroxylation sites is 2. The number of nitrogens with one attached hydrogen (secondary N) is 2. The van der Waals surface area contributed by atoms with Crippen molar-refractivity contribution in [3.05, 3.63) is 83.0 Å². The number of anilines is 2. The molecule has 0 aliphatic carbocycles. The predicted octanol–water partition coefficient (Wildman–Crippen LogP) is 2.82. The van der Waals surface area contributed by atoms with Crippen LogP contribution in [0.4, 0.5) is 11.5 Å². The molecule has 0 bridgehead atoms. The molecule has 1 aromatic heterocycles. The van der Waals surface area contributed by atoms with Crippen molar-refractivity contribution in [3.8, 4) is 5.75 Å². The summed E-state index contributed by atoms with van der Waals surface area (Å²) < 4.78 is 32.4. The number of halogens is 1. The van der Waals surface area contributed by atoms with Crippen molar-refractivity contribution in [3.63, 3.8) is 0 Å². The molecule has 4 N–H and O–H groups in total. The second-order valence-corrected chi connectivity index (χ2v) is 11.2. The first-order chi connectivity index (χ1) is 18.6. The van der Waals surface area contributed by atoms with Crippen molar-refractivity contribution in [2.45, 2.75) is 16.7 Å². The van der Waals surface area contributed by atoms with E-state index in [9.17, 15) is 18.0 Å². The summed E-state index contributed by atoms with van der Waals surface area (Å²) in [5.41, 5.74) is 9.81. The van der Waals surface area contributed by atoms with Gasteiger partial charge in [0, 0.05) is 11.6 Å². The van der Waals surface area contributed by atoms with Crippen molar-refractivity contribution in [2.75, 3.05) is 19.0 Å². The van der Waals surface area contributed by atoms with Gasteiger partial charge in [0.15, 0.2) is 15.7 Å². The Morgan fingerprint density at radius 1 is 1.13 bits per heavy atom. The number of benzene rings is 3. The molecule has 2 amide bonds. The van der Waals surface area contributed by atoms with Gasteiger partial charge in [0.25, 0.3) is 11.8 Å². The van der Waals surface area contributed by atoms with E-state index < -0.39 is 33.4 Å². The Morgan fingerprint density at radius 2 is 1.87 bits per heavy atom. The molecule has 11 nitrogen and oxygen atoms in total. The summed E-state index contributed by atoms with van der Waals surface area (Å²) in [4.78, 5) is 33.7. The first kappa shape index (κ1) is 26.4. The highest BCUT2D eigenvalue weighted by Gasteiger charge is 2.32. The van der Waals surface area contributed by atoms with Crippen molar-refractivity contribution in [2.24, 2.45) is 5.73 Å². The minimum absolute atomic E-state index is 0.0246. The number of methoxy groups -OCH3 is 1. The largest absolute Gasteiger partial charge is 0.497 e. The molecular weight excluding hydrogens is 544 g/mol. The quantitative estimate of drug-likeness (QED) is 0.306. The van der Waals surface area contributed by atoms with Crippen LogP contribution in [0.3, 0.4) is 0 Å². The molecule has 1 aliphatic rings. The number of carbonyl (C=O) groups is 2. The fraction of sp³-hybridized carbons (Fsp3) is 0.154. The van der Waals surface area contributed by atoms with Gasteiger partial charge < -0.3 is 15.8 Å². The summed E-state index contributed by atoms with van der Waals surface area (Å²) in [6.45, 7) is -0.0246. The third-order valence-electron chi connectivity index (χ3n) is 6.04. The number of nitrogens with zero attached hydrogens (tertiary/aromatic N) is 3. The molecule has 3 aromatic carbocycles. The van der Waals surface area contributed by atoms with Crippen molar-refractivity contribution < 1.29 is 22.7 Å². The van der Waals surface area contributed by atoms with Crippen LogP contribution in [-0.2, 0) is 20.4 Å². The molecule has 0 spiro atoms. The predicted molar refractivity (Wildman–Crippen MR) is 145 cm³/mol. The first-order valence-corrected chi connectivity index (χ1v) is 13.7. The van der Waals surface area contributed by atoms with E-state index in [1.54, 1.807) is 42.5 Å². The maximum absolute atomic E-state index is 13.6. The highest BCUT2D eigenvalue weighted by atomic mass is 35.5. The van der Waals surface area contributed by atoms with Crippen LogP contribution < -0.4 is 21.2 Å². The molecule has 4 aromatic rings. The number of amides is 2. The molecule has 39 heavy (non-hydrogen) atoms. The lowest BCUT2D eigenvalue weighted by molar-refractivity contribution is -0.121. The molecule has 200 valence electrons. The standard InChI is InChI=1S/C26H23ClN6O5S/c1-38-16-9-10-18(27)22(12-16)31-24-23(29-20-7-2-3-8-21(20)30-24)14-39(36,37)17-6-4-5-15(11-17)26(35)33-13-19(28)25(34)32-33/h2-12,19H,13-14,28H2,1H3,(H,30,31)(H,32,34). The summed E-state index contributed by atoms with van der Waals surface area (Å²) in [6, 6.07) is 16.8. The first-order valence-electron chi connectivity index (χ1n) is 11.7. The number of hydrogen-bond donors (Lipinski definition) is 3. The van der Waals surface area contributed by atoms with Gasteiger partial charge >= 0.3 is 0 Å². The number of hydrazine groups is 1. The van der Waals surface area contributed by atoms with Gasteiger partial charge in [-0.1, -0.05) is 29.8 Å². The molecule has 1 unspecified atom stereocenters. The van der Waals surface area contributed by atoms with E-state index in [0.29, 0.717) is 27.5 Å². The smallest absolute Gasteiger partial charge is 0.272 e. The van der Waals surface area contributed by atoms with Crippen LogP contribution in [0.25, 0.3) is 11.0 Å². The van der Waals surface area contributed by atoms with Crippen LogP contribution in [-0.4, -0.2) is 54.9 Å². The van der Waals surface area contributed by atoms with Crippen molar-refractivity contribution in [1.29, 1.82) is 0 Å². The van der Waals surface area contributed by atoms with E-state index in [0.717, 1.165) is 5.01 Å². The summed E-state index contributed by atoms with van der Waals surface area (Å²) in [6.07, 6.45) is 0. The molecule has 2 heterocycles. The zero-order chi connectivity index (χ0) is 27.7. The number of rotatable bonds is 7. The van der Waals surface area contributed by atoms with Crippen LogP contribution in [0.1, 0.15) is 16.1 Å².